The third kappa shape index (κ3) is 4.13. The molecule has 3 rings (SSSR count). The van der Waals surface area contributed by atoms with Crippen LogP contribution in [0, 0.1) is 0 Å². The normalized spacial score (nSPS) is 17.5. The largest absolute Gasteiger partial charge is 0.497 e. The lowest BCUT2D eigenvalue weighted by Crippen LogP contribution is -2.34. The first kappa shape index (κ1) is 18.6. The van der Waals surface area contributed by atoms with E-state index in [1.54, 1.807) is 32.4 Å². The molecule has 1 atom stereocenters. The summed E-state index contributed by atoms with van der Waals surface area (Å²) in [5.41, 5.74) is 1.81. The highest BCUT2D eigenvalue weighted by atomic mass is 35.5. The summed E-state index contributed by atoms with van der Waals surface area (Å²) in [4.78, 5) is 15.1. The molecule has 1 heterocycles. The monoisotopic (exact) mass is 373 g/mol. The maximum Gasteiger partial charge on any atom is 0.257 e. The maximum absolute atomic E-state index is 13.1. The number of nitrogens with zero attached hydrogens (tertiary/aromatic N) is 1. The van der Waals surface area contributed by atoms with Crippen molar-refractivity contribution in [1.29, 1.82) is 0 Å². The summed E-state index contributed by atoms with van der Waals surface area (Å²) in [6.07, 6.45) is 3.19. The van der Waals surface area contributed by atoms with Gasteiger partial charge < -0.3 is 14.4 Å². The quantitative estimate of drug-likeness (QED) is 0.775. The van der Waals surface area contributed by atoms with Crippen LogP contribution in [0.1, 0.15) is 41.1 Å². The van der Waals surface area contributed by atoms with Gasteiger partial charge in [-0.3, -0.25) is 4.79 Å². The van der Waals surface area contributed by atoms with Crippen LogP contribution in [0.5, 0.6) is 11.5 Å². The molecule has 1 fully saturated rings. The number of rotatable bonds is 4. The van der Waals surface area contributed by atoms with Gasteiger partial charge in [0.05, 0.1) is 19.8 Å². The molecule has 4 nitrogen and oxygen atoms in total. The Morgan fingerprint density at radius 1 is 1.08 bits per heavy atom. The lowest BCUT2D eigenvalue weighted by Gasteiger charge is -2.25. The van der Waals surface area contributed by atoms with Crippen molar-refractivity contribution in [3.63, 3.8) is 0 Å². The highest BCUT2D eigenvalue weighted by Gasteiger charge is 2.26. The van der Waals surface area contributed by atoms with Gasteiger partial charge in [0, 0.05) is 30.1 Å². The predicted octanol–water partition coefficient (Wildman–Crippen LogP) is 4.77. The zero-order chi connectivity index (χ0) is 18.5. The van der Waals surface area contributed by atoms with Crippen molar-refractivity contribution in [1.82, 2.24) is 4.90 Å². The highest BCUT2D eigenvalue weighted by molar-refractivity contribution is 6.30. The van der Waals surface area contributed by atoms with Crippen molar-refractivity contribution in [3.05, 3.63) is 58.6 Å². The van der Waals surface area contributed by atoms with E-state index in [0.717, 1.165) is 30.8 Å². The number of carbonyl (C=O) groups excluding carboxylic acids is 1. The van der Waals surface area contributed by atoms with Crippen LogP contribution in [0.3, 0.4) is 0 Å². The van der Waals surface area contributed by atoms with Crippen molar-refractivity contribution >= 4 is 17.5 Å². The van der Waals surface area contributed by atoms with Gasteiger partial charge in [0.15, 0.2) is 0 Å². The van der Waals surface area contributed by atoms with E-state index in [4.69, 9.17) is 21.1 Å². The van der Waals surface area contributed by atoms with Gasteiger partial charge in [-0.25, -0.2) is 0 Å². The van der Waals surface area contributed by atoms with Gasteiger partial charge >= 0.3 is 0 Å². The SMILES string of the molecule is COc1ccc(C(=O)N2CCCCC(c3ccc(Cl)cc3)C2)c(OC)c1. The zero-order valence-corrected chi connectivity index (χ0v) is 16.0. The van der Waals surface area contributed by atoms with Crippen molar-refractivity contribution in [2.45, 2.75) is 25.2 Å². The molecule has 2 aromatic carbocycles. The van der Waals surface area contributed by atoms with E-state index in [1.165, 1.54) is 5.56 Å². The van der Waals surface area contributed by atoms with Crippen molar-refractivity contribution < 1.29 is 14.3 Å². The second-order valence-corrected chi connectivity index (χ2v) is 7.00. The second-order valence-electron chi connectivity index (χ2n) is 6.56. The van der Waals surface area contributed by atoms with Gasteiger partial charge in [-0.1, -0.05) is 30.2 Å². The Morgan fingerprint density at radius 2 is 1.85 bits per heavy atom. The predicted molar refractivity (Wildman–Crippen MR) is 103 cm³/mol. The smallest absolute Gasteiger partial charge is 0.257 e. The molecule has 0 spiro atoms. The number of methoxy groups -OCH3 is 2. The Kier molecular flexibility index (Phi) is 6.04. The van der Waals surface area contributed by atoms with Gasteiger partial charge in [0.2, 0.25) is 0 Å². The van der Waals surface area contributed by atoms with Gasteiger partial charge in [0.1, 0.15) is 11.5 Å². The third-order valence-electron chi connectivity index (χ3n) is 4.94. The average molecular weight is 374 g/mol. The molecular weight excluding hydrogens is 350 g/mol. The Hall–Kier alpha value is -2.20. The van der Waals surface area contributed by atoms with Crippen LogP contribution in [-0.4, -0.2) is 38.1 Å². The number of ether oxygens (including phenoxy) is 2. The summed E-state index contributed by atoms with van der Waals surface area (Å²) in [6, 6.07) is 13.3. The first-order valence-electron chi connectivity index (χ1n) is 8.89. The second kappa shape index (κ2) is 8.45. The van der Waals surface area contributed by atoms with Crippen LogP contribution < -0.4 is 9.47 Å². The molecule has 0 N–H and O–H groups in total. The van der Waals surface area contributed by atoms with E-state index in [9.17, 15) is 4.79 Å². The molecule has 0 aliphatic carbocycles. The van der Waals surface area contributed by atoms with E-state index in [1.807, 2.05) is 17.0 Å². The summed E-state index contributed by atoms with van der Waals surface area (Å²) >= 11 is 6.01. The first-order valence-corrected chi connectivity index (χ1v) is 9.27. The van der Waals surface area contributed by atoms with E-state index in [0.29, 0.717) is 29.5 Å². The fraction of sp³-hybridized carbons (Fsp3) is 0.381. The Balaban J connectivity index is 1.83. The molecular formula is C21H24ClNO3. The number of benzene rings is 2. The number of hydrogen-bond donors (Lipinski definition) is 0. The number of hydrogen-bond acceptors (Lipinski definition) is 3. The van der Waals surface area contributed by atoms with E-state index in [-0.39, 0.29) is 5.91 Å². The summed E-state index contributed by atoms with van der Waals surface area (Å²) in [5, 5.41) is 0.735. The van der Waals surface area contributed by atoms with Crippen LogP contribution in [-0.2, 0) is 0 Å². The van der Waals surface area contributed by atoms with Gasteiger partial charge in [-0.05, 0) is 42.7 Å². The summed E-state index contributed by atoms with van der Waals surface area (Å²) < 4.78 is 10.6. The van der Waals surface area contributed by atoms with Crippen LogP contribution >= 0.6 is 11.6 Å². The topological polar surface area (TPSA) is 38.8 Å². The first-order chi connectivity index (χ1) is 12.6. The van der Waals surface area contributed by atoms with E-state index >= 15 is 0 Å². The summed E-state index contributed by atoms with van der Waals surface area (Å²) in [5.74, 6) is 1.54. The minimum Gasteiger partial charge on any atom is -0.497 e. The third-order valence-corrected chi connectivity index (χ3v) is 5.19. The molecule has 1 aliphatic heterocycles. The minimum atomic E-state index is 0.00497. The molecule has 0 radical (unpaired) electrons. The standard InChI is InChI=1S/C21H24ClNO3/c1-25-18-10-11-19(20(13-18)26-2)21(24)23-12-4-3-5-16(14-23)15-6-8-17(22)9-7-15/h6-11,13,16H,3-5,12,14H2,1-2H3. The van der Waals surface area contributed by atoms with Gasteiger partial charge in [0.25, 0.3) is 5.91 Å². The summed E-state index contributed by atoms with van der Waals surface area (Å²) in [6.45, 7) is 1.47. The fourth-order valence-electron chi connectivity index (χ4n) is 3.48. The van der Waals surface area contributed by atoms with Crippen LogP contribution in [0.2, 0.25) is 5.02 Å². The molecule has 1 aliphatic rings. The average Bonchev–Trinajstić information content (AvgIpc) is 2.93. The molecule has 1 amide bonds. The molecule has 5 heteroatoms. The van der Waals surface area contributed by atoms with Crippen LogP contribution in [0.4, 0.5) is 0 Å². The van der Waals surface area contributed by atoms with Crippen molar-refractivity contribution in [3.8, 4) is 11.5 Å². The number of halogens is 1. The van der Waals surface area contributed by atoms with Crippen LogP contribution in [0.15, 0.2) is 42.5 Å². The highest BCUT2D eigenvalue weighted by Crippen LogP contribution is 2.30. The molecule has 0 aromatic heterocycles. The summed E-state index contributed by atoms with van der Waals surface area (Å²) in [7, 11) is 3.17. The lowest BCUT2D eigenvalue weighted by molar-refractivity contribution is 0.0751. The number of amides is 1. The lowest BCUT2D eigenvalue weighted by atomic mass is 9.94. The molecule has 138 valence electrons. The van der Waals surface area contributed by atoms with Crippen molar-refractivity contribution in [2.24, 2.45) is 0 Å². The molecule has 1 saturated heterocycles. The molecule has 0 bridgehead atoms. The molecule has 1 unspecified atom stereocenters. The number of likely N-dealkylation sites (tertiary alicyclic amines) is 1. The Labute approximate surface area is 159 Å². The van der Waals surface area contributed by atoms with Gasteiger partial charge in [-0.2, -0.15) is 0 Å². The zero-order valence-electron chi connectivity index (χ0n) is 15.2. The number of carbonyl (C=O) groups is 1. The minimum absolute atomic E-state index is 0.00497. The van der Waals surface area contributed by atoms with E-state index in [2.05, 4.69) is 12.1 Å². The maximum atomic E-state index is 13.1. The molecule has 2 aromatic rings. The fourth-order valence-corrected chi connectivity index (χ4v) is 3.61. The molecule has 26 heavy (non-hydrogen) atoms. The Bertz CT molecular complexity index is 760. The Morgan fingerprint density at radius 3 is 2.54 bits per heavy atom. The van der Waals surface area contributed by atoms with Crippen molar-refractivity contribution in [2.75, 3.05) is 27.3 Å². The van der Waals surface area contributed by atoms with Gasteiger partial charge in [-0.15, -0.1) is 0 Å². The van der Waals surface area contributed by atoms with E-state index < -0.39 is 0 Å². The van der Waals surface area contributed by atoms with Crippen LogP contribution in [0.25, 0.3) is 0 Å². The molecule has 0 saturated carbocycles.